The van der Waals surface area contributed by atoms with Crippen molar-refractivity contribution in [2.24, 2.45) is 5.73 Å². The summed E-state index contributed by atoms with van der Waals surface area (Å²) in [6.45, 7) is 1.54. The molecule has 0 atom stereocenters. The quantitative estimate of drug-likeness (QED) is 0.576. The monoisotopic (exact) mass is 111 g/mol. The van der Waals surface area contributed by atoms with Crippen molar-refractivity contribution in [1.29, 1.82) is 0 Å². The first-order valence-corrected chi connectivity index (χ1v) is 2.59. The molecule has 1 heterocycles. The highest BCUT2D eigenvalue weighted by molar-refractivity contribution is 4.73. The number of hydrogen-bond acceptors (Lipinski definition) is 2. The fraction of sp³-hybridized carbons (Fsp3) is 0.400. The molecule has 0 saturated carbocycles. The van der Waals surface area contributed by atoms with Crippen LogP contribution in [0.1, 0.15) is 0 Å². The van der Waals surface area contributed by atoms with E-state index in [4.69, 9.17) is 5.73 Å². The summed E-state index contributed by atoms with van der Waals surface area (Å²) in [4.78, 5) is 3.85. The van der Waals surface area contributed by atoms with Crippen LogP contribution in [-0.4, -0.2) is 16.1 Å². The standard InChI is InChI=1S/C5H9N3/c6-1-3-8-4-2-7-5-8/h2,4-5H,1,3,6H2. The van der Waals surface area contributed by atoms with E-state index in [1.807, 2.05) is 10.8 Å². The van der Waals surface area contributed by atoms with Crippen LogP contribution in [0.3, 0.4) is 0 Å². The van der Waals surface area contributed by atoms with Gasteiger partial charge in [-0.3, -0.25) is 0 Å². The predicted octanol–water partition coefficient (Wildman–Crippen LogP) is -0.158. The van der Waals surface area contributed by atoms with Gasteiger partial charge in [0.15, 0.2) is 0 Å². The molecule has 2 N–H and O–H groups in total. The number of nitrogens with zero attached hydrogens (tertiary/aromatic N) is 2. The van der Waals surface area contributed by atoms with Gasteiger partial charge in [0.1, 0.15) is 0 Å². The number of hydrogen-bond donors (Lipinski definition) is 1. The van der Waals surface area contributed by atoms with Crippen molar-refractivity contribution in [2.75, 3.05) is 6.54 Å². The zero-order valence-corrected chi connectivity index (χ0v) is 4.62. The second-order valence-electron chi connectivity index (χ2n) is 1.59. The van der Waals surface area contributed by atoms with E-state index in [1.165, 1.54) is 0 Å². The Bertz CT molecular complexity index is 133. The fourth-order valence-electron chi connectivity index (χ4n) is 0.568. The SMILES string of the molecule is NCCn1ccnc1. The molecule has 0 amide bonds. The highest BCUT2D eigenvalue weighted by Gasteiger charge is 1.82. The summed E-state index contributed by atoms with van der Waals surface area (Å²) in [5.41, 5.74) is 5.27. The van der Waals surface area contributed by atoms with Gasteiger partial charge in [0.05, 0.1) is 6.33 Å². The lowest BCUT2D eigenvalue weighted by molar-refractivity contribution is 0.708. The van der Waals surface area contributed by atoms with Crippen LogP contribution in [0.25, 0.3) is 0 Å². The number of nitrogens with two attached hydrogens (primary N) is 1. The van der Waals surface area contributed by atoms with Gasteiger partial charge in [-0.25, -0.2) is 4.98 Å². The lowest BCUT2D eigenvalue weighted by atomic mass is 10.6. The van der Waals surface area contributed by atoms with E-state index in [-0.39, 0.29) is 0 Å². The van der Waals surface area contributed by atoms with Gasteiger partial charge in [0, 0.05) is 25.5 Å². The summed E-state index contributed by atoms with van der Waals surface area (Å²) in [6.07, 6.45) is 5.40. The molecule has 3 heteroatoms. The molecule has 0 spiro atoms. The highest BCUT2D eigenvalue weighted by Crippen LogP contribution is 1.81. The minimum Gasteiger partial charge on any atom is -0.336 e. The zero-order valence-electron chi connectivity index (χ0n) is 4.62. The van der Waals surface area contributed by atoms with Crippen molar-refractivity contribution >= 4 is 0 Å². The maximum atomic E-state index is 5.27. The summed E-state index contributed by atoms with van der Waals surface area (Å²) in [7, 11) is 0. The molecular formula is C5H9N3. The first-order chi connectivity index (χ1) is 3.93. The summed E-state index contributed by atoms with van der Waals surface area (Å²) >= 11 is 0. The maximum absolute atomic E-state index is 5.27. The Kier molecular flexibility index (Phi) is 1.64. The molecule has 1 aromatic rings. The Hall–Kier alpha value is -0.830. The fourth-order valence-corrected chi connectivity index (χ4v) is 0.568. The molecule has 0 aliphatic carbocycles. The van der Waals surface area contributed by atoms with Gasteiger partial charge >= 0.3 is 0 Å². The van der Waals surface area contributed by atoms with E-state index < -0.39 is 0 Å². The Morgan fingerprint density at radius 2 is 2.50 bits per heavy atom. The van der Waals surface area contributed by atoms with Gasteiger partial charge in [0.25, 0.3) is 0 Å². The third kappa shape index (κ3) is 1.07. The Labute approximate surface area is 48.1 Å². The van der Waals surface area contributed by atoms with E-state index in [0.717, 1.165) is 6.54 Å². The molecule has 0 aromatic carbocycles. The molecule has 1 aromatic heterocycles. The second-order valence-corrected chi connectivity index (χ2v) is 1.59. The van der Waals surface area contributed by atoms with Crippen molar-refractivity contribution < 1.29 is 0 Å². The summed E-state index contributed by atoms with van der Waals surface area (Å²) in [5, 5.41) is 0. The van der Waals surface area contributed by atoms with Crippen molar-refractivity contribution in [3.8, 4) is 0 Å². The molecule has 0 aliphatic heterocycles. The van der Waals surface area contributed by atoms with Gasteiger partial charge < -0.3 is 10.3 Å². The molecule has 0 radical (unpaired) electrons. The summed E-state index contributed by atoms with van der Waals surface area (Å²) < 4.78 is 1.94. The maximum Gasteiger partial charge on any atom is 0.0946 e. The summed E-state index contributed by atoms with van der Waals surface area (Å²) in [5.74, 6) is 0. The van der Waals surface area contributed by atoms with E-state index in [9.17, 15) is 0 Å². The molecule has 3 nitrogen and oxygen atoms in total. The molecule has 0 aliphatic rings. The predicted molar refractivity (Wildman–Crippen MR) is 31.3 cm³/mol. The van der Waals surface area contributed by atoms with Crippen LogP contribution in [0.5, 0.6) is 0 Å². The molecule has 8 heavy (non-hydrogen) atoms. The van der Waals surface area contributed by atoms with Crippen LogP contribution in [0.15, 0.2) is 18.7 Å². The van der Waals surface area contributed by atoms with E-state index in [2.05, 4.69) is 4.98 Å². The zero-order chi connectivity index (χ0) is 5.82. The average Bonchev–Trinajstić information content (AvgIpc) is 2.19. The number of imidazole rings is 1. The van der Waals surface area contributed by atoms with Gasteiger partial charge in [-0.15, -0.1) is 0 Å². The third-order valence-electron chi connectivity index (χ3n) is 0.946. The van der Waals surface area contributed by atoms with Gasteiger partial charge in [-0.2, -0.15) is 0 Å². The molecule has 0 saturated heterocycles. The van der Waals surface area contributed by atoms with Crippen molar-refractivity contribution in [3.63, 3.8) is 0 Å². The van der Waals surface area contributed by atoms with Crippen molar-refractivity contribution in [3.05, 3.63) is 18.7 Å². The number of rotatable bonds is 2. The Balaban J connectivity index is 2.50. The third-order valence-corrected chi connectivity index (χ3v) is 0.946. The topological polar surface area (TPSA) is 43.8 Å². The van der Waals surface area contributed by atoms with Gasteiger partial charge in [-0.1, -0.05) is 0 Å². The van der Waals surface area contributed by atoms with E-state index in [0.29, 0.717) is 6.54 Å². The average molecular weight is 111 g/mol. The van der Waals surface area contributed by atoms with E-state index in [1.54, 1.807) is 12.5 Å². The summed E-state index contributed by atoms with van der Waals surface area (Å²) in [6, 6.07) is 0. The molecule has 0 fully saturated rings. The van der Waals surface area contributed by atoms with Gasteiger partial charge in [0.2, 0.25) is 0 Å². The van der Waals surface area contributed by atoms with Crippen LogP contribution in [-0.2, 0) is 6.54 Å². The van der Waals surface area contributed by atoms with E-state index >= 15 is 0 Å². The first kappa shape index (κ1) is 5.31. The lowest BCUT2D eigenvalue weighted by Crippen LogP contribution is -2.07. The van der Waals surface area contributed by atoms with Crippen molar-refractivity contribution in [2.45, 2.75) is 6.54 Å². The molecular weight excluding hydrogens is 102 g/mol. The van der Waals surface area contributed by atoms with Crippen LogP contribution < -0.4 is 5.73 Å². The molecule has 0 bridgehead atoms. The molecule has 44 valence electrons. The van der Waals surface area contributed by atoms with Crippen LogP contribution in [0.4, 0.5) is 0 Å². The Morgan fingerprint density at radius 3 is 3.00 bits per heavy atom. The number of aromatic nitrogens is 2. The van der Waals surface area contributed by atoms with Gasteiger partial charge in [-0.05, 0) is 0 Å². The first-order valence-electron chi connectivity index (χ1n) is 2.59. The van der Waals surface area contributed by atoms with Crippen LogP contribution in [0, 0.1) is 0 Å². The minimum atomic E-state index is 0.677. The largest absolute Gasteiger partial charge is 0.336 e. The second kappa shape index (κ2) is 2.47. The van der Waals surface area contributed by atoms with Crippen LogP contribution in [0.2, 0.25) is 0 Å². The minimum absolute atomic E-state index is 0.677. The molecule has 1 rings (SSSR count). The normalized spacial score (nSPS) is 9.62. The van der Waals surface area contributed by atoms with Crippen LogP contribution >= 0.6 is 0 Å². The highest BCUT2D eigenvalue weighted by atomic mass is 15.0. The Morgan fingerprint density at radius 1 is 1.62 bits per heavy atom. The molecule has 0 unspecified atom stereocenters. The smallest absolute Gasteiger partial charge is 0.0946 e. The lowest BCUT2D eigenvalue weighted by Gasteiger charge is -1.93. The van der Waals surface area contributed by atoms with Crippen molar-refractivity contribution in [1.82, 2.24) is 9.55 Å².